The van der Waals surface area contributed by atoms with E-state index in [9.17, 15) is 8.78 Å². The first-order valence-corrected chi connectivity index (χ1v) is 5.65. The highest BCUT2D eigenvalue weighted by Gasteiger charge is 2.11. The number of aryl methyl sites for hydroxylation is 1. The standard InChI is InChI=1S/C13H14F2N2O/c1-8-6-17-13(18-8)9(2)16-7-10-3-11(14)5-12(15)4-10/h3-6,9,16H,7H2,1-2H3. The molecule has 0 spiro atoms. The summed E-state index contributed by atoms with van der Waals surface area (Å²) in [5, 5.41) is 3.09. The fraction of sp³-hybridized carbons (Fsp3) is 0.308. The topological polar surface area (TPSA) is 38.1 Å². The minimum absolute atomic E-state index is 0.120. The molecule has 5 heteroatoms. The molecule has 2 rings (SSSR count). The van der Waals surface area contributed by atoms with E-state index in [1.54, 1.807) is 6.20 Å². The summed E-state index contributed by atoms with van der Waals surface area (Å²) in [6.07, 6.45) is 1.63. The molecule has 0 radical (unpaired) electrons. The van der Waals surface area contributed by atoms with E-state index < -0.39 is 11.6 Å². The molecule has 0 bridgehead atoms. The van der Waals surface area contributed by atoms with Crippen LogP contribution in [-0.4, -0.2) is 4.98 Å². The maximum absolute atomic E-state index is 13.0. The number of rotatable bonds is 4. The van der Waals surface area contributed by atoms with Crippen LogP contribution in [0.1, 0.15) is 30.2 Å². The molecule has 1 heterocycles. The Morgan fingerprint density at radius 2 is 1.94 bits per heavy atom. The van der Waals surface area contributed by atoms with Gasteiger partial charge in [0.05, 0.1) is 12.2 Å². The average molecular weight is 252 g/mol. The Labute approximate surface area is 104 Å². The van der Waals surface area contributed by atoms with E-state index in [0.717, 1.165) is 11.8 Å². The first-order valence-electron chi connectivity index (χ1n) is 5.65. The van der Waals surface area contributed by atoms with E-state index in [1.807, 2.05) is 13.8 Å². The Morgan fingerprint density at radius 3 is 2.50 bits per heavy atom. The lowest BCUT2D eigenvalue weighted by Crippen LogP contribution is -2.18. The van der Waals surface area contributed by atoms with Crippen LogP contribution >= 0.6 is 0 Å². The molecule has 0 aliphatic rings. The summed E-state index contributed by atoms with van der Waals surface area (Å²) in [5.41, 5.74) is 0.544. The number of benzene rings is 1. The zero-order valence-corrected chi connectivity index (χ0v) is 10.2. The smallest absolute Gasteiger partial charge is 0.211 e. The van der Waals surface area contributed by atoms with Gasteiger partial charge in [-0.15, -0.1) is 0 Å². The summed E-state index contributed by atoms with van der Waals surface area (Å²) in [5.74, 6) is 0.137. The summed E-state index contributed by atoms with van der Waals surface area (Å²) in [6, 6.07) is 3.32. The molecule has 0 saturated carbocycles. The minimum atomic E-state index is -0.577. The van der Waals surface area contributed by atoms with Crippen LogP contribution in [0.25, 0.3) is 0 Å². The Kier molecular flexibility index (Phi) is 3.72. The summed E-state index contributed by atoms with van der Waals surface area (Å²) >= 11 is 0. The van der Waals surface area contributed by atoms with E-state index in [1.165, 1.54) is 12.1 Å². The third-order valence-corrected chi connectivity index (χ3v) is 2.54. The largest absolute Gasteiger partial charge is 0.444 e. The van der Waals surface area contributed by atoms with Crippen molar-refractivity contribution in [2.75, 3.05) is 0 Å². The van der Waals surface area contributed by atoms with Gasteiger partial charge >= 0.3 is 0 Å². The van der Waals surface area contributed by atoms with Gasteiger partial charge in [-0.05, 0) is 31.5 Å². The highest BCUT2D eigenvalue weighted by molar-refractivity contribution is 5.17. The molecule has 1 aromatic carbocycles. The van der Waals surface area contributed by atoms with E-state index in [-0.39, 0.29) is 6.04 Å². The van der Waals surface area contributed by atoms with Crippen molar-refractivity contribution in [3.05, 3.63) is 53.2 Å². The van der Waals surface area contributed by atoms with E-state index in [4.69, 9.17) is 4.42 Å². The summed E-state index contributed by atoms with van der Waals surface area (Å²) in [7, 11) is 0. The molecule has 2 aromatic rings. The molecule has 0 aliphatic heterocycles. The van der Waals surface area contributed by atoms with Crippen molar-refractivity contribution >= 4 is 0 Å². The van der Waals surface area contributed by atoms with Gasteiger partial charge in [0.25, 0.3) is 0 Å². The van der Waals surface area contributed by atoms with Gasteiger partial charge in [-0.1, -0.05) is 0 Å². The number of halogens is 2. The quantitative estimate of drug-likeness (QED) is 0.908. The molecule has 1 aromatic heterocycles. The van der Waals surface area contributed by atoms with Crippen molar-refractivity contribution in [3.63, 3.8) is 0 Å². The van der Waals surface area contributed by atoms with Crippen molar-refractivity contribution in [1.29, 1.82) is 0 Å². The fourth-order valence-electron chi connectivity index (χ4n) is 1.64. The van der Waals surface area contributed by atoms with E-state index >= 15 is 0 Å². The third-order valence-electron chi connectivity index (χ3n) is 2.54. The highest BCUT2D eigenvalue weighted by Crippen LogP contribution is 2.14. The summed E-state index contributed by atoms with van der Waals surface area (Å²) in [4.78, 5) is 4.09. The number of nitrogens with one attached hydrogen (secondary N) is 1. The van der Waals surface area contributed by atoms with Crippen LogP contribution in [0.15, 0.2) is 28.8 Å². The Hall–Kier alpha value is -1.75. The monoisotopic (exact) mass is 252 g/mol. The molecule has 0 aliphatic carbocycles. The van der Waals surface area contributed by atoms with E-state index in [2.05, 4.69) is 10.3 Å². The lowest BCUT2D eigenvalue weighted by Gasteiger charge is -2.10. The van der Waals surface area contributed by atoms with Crippen LogP contribution in [0.2, 0.25) is 0 Å². The number of oxazole rings is 1. The molecule has 96 valence electrons. The van der Waals surface area contributed by atoms with Gasteiger partial charge in [0.2, 0.25) is 5.89 Å². The van der Waals surface area contributed by atoms with Crippen LogP contribution < -0.4 is 5.32 Å². The summed E-state index contributed by atoms with van der Waals surface area (Å²) in [6.45, 7) is 4.03. The first kappa shape index (κ1) is 12.7. The maximum atomic E-state index is 13.0. The average Bonchev–Trinajstić information content (AvgIpc) is 2.71. The van der Waals surface area contributed by atoms with Crippen LogP contribution in [0, 0.1) is 18.6 Å². The second-order valence-corrected chi connectivity index (χ2v) is 4.19. The number of hydrogen-bond donors (Lipinski definition) is 1. The predicted octanol–water partition coefficient (Wildman–Crippen LogP) is 3.11. The maximum Gasteiger partial charge on any atom is 0.211 e. The molecule has 0 amide bonds. The van der Waals surface area contributed by atoms with Gasteiger partial charge < -0.3 is 9.73 Å². The normalized spacial score (nSPS) is 12.7. The second kappa shape index (κ2) is 5.27. The number of hydrogen-bond acceptors (Lipinski definition) is 3. The fourth-order valence-corrected chi connectivity index (χ4v) is 1.64. The predicted molar refractivity (Wildman–Crippen MR) is 62.9 cm³/mol. The molecular formula is C13H14F2N2O. The van der Waals surface area contributed by atoms with Crippen LogP contribution in [-0.2, 0) is 6.54 Å². The number of nitrogens with zero attached hydrogens (tertiary/aromatic N) is 1. The molecule has 0 fully saturated rings. The highest BCUT2D eigenvalue weighted by atomic mass is 19.1. The zero-order valence-electron chi connectivity index (χ0n) is 10.2. The molecular weight excluding hydrogens is 238 g/mol. The summed E-state index contributed by atoms with van der Waals surface area (Å²) < 4.78 is 31.3. The number of aromatic nitrogens is 1. The molecule has 3 nitrogen and oxygen atoms in total. The van der Waals surface area contributed by atoms with Crippen molar-refractivity contribution < 1.29 is 13.2 Å². The molecule has 1 unspecified atom stereocenters. The van der Waals surface area contributed by atoms with Crippen LogP contribution in [0.5, 0.6) is 0 Å². The van der Waals surface area contributed by atoms with Crippen molar-refractivity contribution in [1.82, 2.24) is 10.3 Å². The van der Waals surface area contributed by atoms with Gasteiger partial charge in [0.1, 0.15) is 17.4 Å². The van der Waals surface area contributed by atoms with Gasteiger partial charge in [-0.25, -0.2) is 13.8 Å². The Bertz CT molecular complexity index is 519. The first-order chi connectivity index (χ1) is 8.54. The second-order valence-electron chi connectivity index (χ2n) is 4.19. The SMILES string of the molecule is Cc1cnc(C(C)NCc2cc(F)cc(F)c2)o1. The van der Waals surface area contributed by atoms with E-state index in [0.29, 0.717) is 18.0 Å². The van der Waals surface area contributed by atoms with Gasteiger partial charge in [-0.3, -0.25) is 0 Å². The van der Waals surface area contributed by atoms with Gasteiger partial charge in [0.15, 0.2) is 0 Å². The Balaban J connectivity index is 1.99. The van der Waals surface area contributed by atoms with Crippen molar-refractivity contribution in [2.45, 2.75) is 26.4 Å². The van der Waals surface area contributed by atoms with Crippen LogP contribution in [0.3, 0.4) is 0 Å². The lowest BCUT2D eigenvalue weighted by molar-refractivity contribution is 0.402. The lowest BCUT2D eigenvalue weighted by atomic mass is 10.2. The van der Waals surface area contributed by atoms with Gasteiger partial charge in [-0.2, -0.15) is 0 Å². The molecule has 18 heavy (non-hydrogen) atoms. The minimum Gasteiger partial charge on any atom is -0.444 e. The van der Waals surface area contributed by atoms with Crippen molar-refractivity contribution in [2.24, 2.45) is 0 Å². The molecule has 1 atom stereocenters. The molecule has 0 saturated heterocycles. The van der Waals surface area contributed by atoms with Crippen molar-refractivity contribution in [3.8, 4) is 0 Å². The zero-order chi connectivity index (χ0) is 13.1. The van der Waals surface area contributed by atoms with Crippen LogP contribution in [0.4, 0.5) is 8.78 Å². The third kappa shape index (κ3) is 3.13. The Morgan fingerprint density at radius 1 is 1.28 bits per heavy atom. The van der Waals surface area contributed by atoms with Gasteiger partial charge in [0, 0.05) is 12.6 Å². The molecule has 1 N–H and O–H groups in total.